The summed E-state index contributed by atoms with van der Waals surface area (Å²) in [6, 6.07) is 4.47. The van der Waals surface area contributed by atoms with E-state index in [0.717, 1.165) is 16.4 Å². The second-order valence-corrected chi connectivity index (χ2v) is 7.24. The van der Waals surface area contributed by atoms with Gasteiger partial charge < -0.3 is 0 Å². The van der Waals surface area contributed by atoms with E-state index in [1.807, 2.05) is 0 Å². The highest BCUT2D eigenvalue weighted by Gasteiger charge is 2.30. The van der Waals surface area contributed by atoms with E-state index in [4.69, 9.17) is 11.6 Å². The molecule has 0 spiro atoms. The molecule has 0 aromatic heterocycles. The Bertz CT molecular complexity index is 544. The number of nitrogens with zero attached hydrogens (tertiary/aromatic N) is 1. The first-order valence-electron chi connectivity index (χ1n) is 6.33. The Labute approximate surface area is 127 Å². The summed E-state index contributed by atoms with van der Waals surface area (Å²) in [5.74, 6) is 0.384. The van der Waals surface area contributed by atoms with Crippen LogP contribution in [0.25, 0.3) is 0 Å². The predicted octanol–water partition coefficient (Wildman–Crippen LogP) is 3.49. The van der Waals surface area contributed by atoms with Crippen LogP contribution in [0, 0.1) is 0 Å². The number of alkyl halides is 4. The SMILES string of the molecule is CN(Cc1ccc(C(F)(F)F)cc1)S(=O)(=O)CCCCCl. The molecule has 0 amide bonds. The van der Waals surface area contributed by atoms with Gasteiger partial charge in [0.1, 0.15) is 0 Å². The Hall–Kier alpha value is -0.790. The van der Waals surface area contributed by atoms with Crippen molar-refractivity contribution in [1.29, 1.82) is 0 Å². The van der Waals surface area contributed by atoms with Crippen molar-refractivity contribution in [3.63, 3.8) is 0 Å². The standard InChI is InChI=1S/C13H17ClF3NO2S/c1-18(21(19,20)9-3-2-8-14)10-11-4-6-12(7-5-11)13(15,16)17/h4-7H,2-3,8-10H2,1H3. The van der Waals surface area contributed by atoms with Crippen molar-refractivity contribution in [3.05, 3.63) is 35.4 Å². The van der Waals surface area contributed by atoms with E-state index >= 15 is 0 Å². The number of halogens is 4. The van der Waals surface area contributed by atoms with E-state index < -0.39 is 21.8 Å². The smallest absolute Gasteiger partial charge is 0.212 e. The Morgan fingerprint density at radius 1 is 1.14 bits per heavy atom. The van der Waals surface area contributed by atoms with E-state index in [2.05, 4.69) is 0 Å². The molecule has 0 aliphatic heterocycles. The monoisotopic (exact) mass is 343 g/mol. The molecule has 0 N–H and O–H groups in total. The van der Waals surface area contributed by atoms with Crippen molar-refractivity contribution in [3.8, 4) is 0 Å². The molecule has 0 bridgehead atoms. The van der Waals surface area contributed by atoms with Crippen molar-refractivity contribution in [2.24, 2.45) is 0 Å². The van der Waals surface area contributed by atoms with E-state index in [0.29, 0.717) is 24.3 Å². The largest absolute Gasteiger partial charge is 0.416 e. The molecule has 3 nitrogen and oxygen atoms in total. The van der Waals surface area contributed by atoms with Gasteiger partial charge in [0, 0.05) is 19.5 Å². The van der Waals surface area contributed by atoms with Gasteiger partial charge in [-0.3, -0.25) is 0 Å². The van der Waals surface area contributed by atoms with Crippen molar-refractivity contribution in [1.82, 2.24) is 4.31 Å². The Kier molecular flexibility index (Phi) is 6.49. The Balaban J connectivity index is 2.68. The number of sulfonamides is 1. The molecule has 0 saturated carbocycles. The maximum Gasteiger partial charge on any atom is 0.416 e. The fraction of sp³-hybridized carbons (Fsp3) is 0.538. The van der Waals surface area contributed by atoms with E-state index in [9.17, 15) is 21.6 Å². The normalized spacial score (nSPS) is 12.9. The van der Waals surface area contributed by atoms with Crippen LogP contribution in [0.2, 0.25) is 0 Å². The summed E-state index contributed by atoms with van der Waals surface area (Å²) in [5.41, 5.74) is -0.245. The first kappa shape index (κ1) is 18.3. The quantitative estimate of drug-likeness (QED) is 0.561. The van der Waals surface area contributed by atoms with Crippen LogP contribution in [0.15, 0.2) is 24.3 Å². The molecule has 1 aromatic carbocycles. The van der Waals surface area contributed by atoms with E-state index in [-0.39, 0.29) is 12.3 Å². The van der Waals surface area contributed by atoms with Gasteiger partial charge >= 0.3 is 6.18 Å². The van der Waals surface area contributed by atoms with Crippen LogP contribution >= 0.6 is 11.6 Å². The minimum absolute atomic E-state index is 0.0170. The lowest BCUT2D eigenvalue weighted by molar-refractivity contribution is -0.137. The predicted molar refractivity (Wildman–Crippen MR) is 76.7 cm³/mol. The summed E-state index contributed by atoms with van der Waals surface area (Å²) in [7, 11) is -2.01. The summed E-state index contributed by atoms with van der Waals surface area (Å²) in [4.78, 5) is 0. The van der Waals surface area contributed by atoms with Gasteiger partial charge in [-0.2, -0.15) is 13.2 Å². The third kappa shape index (κ3) is 5.84. The van der Waals surface area contributed by atoms with Crippen LogP contribution in [-0.2, 0) is 22.7 Å². The summed E-state index contributed by atoms with van der Waals surface area (Å²) in [5, 5.41) is 0. The van der Waals surface area contributed by atoms with Gasteiger partial charge in [0.25, 0.3) is 0 Å². The van der Waals surface area contributed by atoms with Crippen LogP contribution < -0.4 is 0 Å². The van der Waals surface area contributed by atoms with Crippen LogP contribution in [0.5, 0.6) is 0 Å². The topological polar surface area (TPSA) is 37.4 Å². The highest BCUT2D eigenvalue weighted by atomic mass is 35.5. The molecule has 0 saturated heterocycles. The fourth-order valence-corrected chi connectivity index (χ4v) is 3.10. The first-order valence-corrected chi connectivity index (χ1v) is 8.47. The number of hydrogen-bond acceptors (Lipinski definition) is 2. The lowest BCUT2D eigenvalue weighted by atomic mass is 10.1. The van der Waals surface area contributed by atoms with Crippen LogP contribution in [0.1, 0.15) is 24.0 Å². The van der Waals surface area contributed by atoms with Crippen molar-refractivity contribution in [2.75, 3.05) is 18.7 Å². The zero-order valence-corrected chi connectivity index (χ0v) is 13.1. The average Bonchev–Trinajstić information content (AvgIpc) is 2.38. The summed E-state index contributed by atoms with van der Waals surface area (Å²) >= 11 is 5.49. The molecule has 0 atom stereocenters. The molecule has 0 unspecified atom stereocenters. The minimum atomic E-state index is -4.39. The first-order chi connectivity index (χ1) is 9.66. The van der Waals surface area contributed by atoms with Gasteiger partial charge in [0.05, 0.1) is 11.3 Å². The summed E-state index contributed by atoms with van der Waals surface area (Å²) in [6.45, 7) is 0.0430. The van der Waals surface area contributed by atoms with Crippen molar-refractivity contribution < 1.29 is 21.6 Å². The number of unbranched alkanes of at least 4 members (excludes halogenated alkanes) is 1. The fourth-order valence-electron chi connectivity index (χ4n) is 1.69. The van der Waals surface area contributed by atoms with Crippen LogP contribution in [0.3, 0.4) is 0 Å². The second-order valence-electron chi connectivity index (χ2n) is 4.66. The molecule has 1 rings (SSSR count). The molecule has 8 heteroatoms. The maximum absolute atomic E-state index is 12.4. The summed E-state index contributed by atoms with van der Waals surface area (Å²) in [6.07, 6.45) is -3.32. The summed E-state index contributed by atoms with van der Waals surface area (Å²) < 4.78 is 62.3. The molecule has 1 aromatic rings. The molecule has 0 aliphatic rings. The molecule has 21 heavy (non-hydrogen) atoms. The van der Waals surface area contributed by atoms with Gasteiger partial charge in [-0.05, 0) is 30.5 Å². The lowest BCUT2D eigenvalue weighted by Gasteiger charge is -2.17. The molecule has 0 aliphatic carbocycles. The van der Waals surface area contributed by atoms with Crippen molar-refractivity contribution in [2.45, 2.75) is 25.6 Å². The minimum Gasteiger partial charge on any atom is -0.212 e. The molecular weight excluding hydrogens is 327 g/mol. The van der Waals surface area contributed by atoms with Gasteiger partial charge in [-0.15, -0.1) is 11.6 Å². The number of benzene rings is 1. The number of hydrogen-bond donors (Lipinski definition) is 0. The highest BCUT2D eigenvalue weighted by molar-refractivity contribution is 7.89. The molecule has 0 heterocycles. The highest BCUT2D eigenvalue weighted by Crippen LogP contribution is 2.29. The Morgan fingerprint density at radius 2 is 1.71 bits per heavy atom. The molecular formula is C13H17ClF3NO2S. The molecule has 0 fully saturated rings. The zero-order chi connectivity index (χ0) is 16.1. The maximum atomic E-state index is 12.4. The zero-order valence-electron chi connectivity index (χ0n) is 11.5. The van der Waals surface area contributed by atoms with E-state index in [1.54, 1.807) is 0 Å². The van der Waals surface area contributed by atoms with Gasteiger partial charge in [0.2, 0.25) is 10.0 Å². The molecule has 120 valence electrons. The van der Waals surface area contributed by atoms with Crippen LogP contribution in [0.4, 0.5) is 13.2 Å². The van der Waals surface area contributed by atoms with Gasteiger partial charge in [0.15, 0.2) is 0 Å². The van der Waals surface area contributed by atoms with Crippen molar-refractivity contribution >= 4 is 21.6 Å². The second kappa shape index (κ2) is 7.47. The Morgan fingerprint density at radius 3 is 2.19 bits per heavy atom. The average molecular weight is 344 g/mol. The van der Waals surface area contributed by atoms with Gasteiger partial charge in [-0.25, -0.2) is 12.7 Å². The van der Waals surface area contributed by atoms with Gasteiger partial charge in [-0.1, -0.05) is 12.1 Å². The third-order valence-corrected chi connectivity index (χ3v) is 5.10. The van der Waals surface area contributed by atoms with Crippen LogP contribution in [-0.4, -0.2) is 31.4 Å². The lowest BCUT2D eigenvalue weighted by Crippen LogP contribution is -2.28. The third-order valence-electron chi connectivity index (χ3n) is 2.95. The molecule has 0 radical (unpaired) electrons. The van der Waals surface area contributed by atoms with E-state index in [1.165, 1.54) is 19.2 Å². The number of rotatable bonds is 7.